The van der Waals surface area contributed by atoms with Gasteiger partial charge in [-0.1, -0.05) is 42.5 Å². The SMILES string of the molecule is Cc1nc(-c2ccc(CCNC(=O)N3CCN(S(=O)(=O)c4ccccc4)CC3)cc2)cs1. The number of aromatic nitrogens is 1. The number of aryl methyl sites for hydroxylation is 1. The van der Waals surface area contributed by atoms with Gasteiger partial charge >= 0.3 is 6.03 Å². The largest absolute Gasteiger partial charge is 0.338 e. The van der Waals surface area contributed by atoms with Crippen LogP contribution in [0, 0.1) is 6.92 Å². The molecule has 1 saturated heterocycles. The lowest BCUT2D eigenvalue weighted by Crippen LogP contribution is -2.53. The molecule has 0 atom stereocenters. The number of carbonyl (C=O) groups excluding carboxylic acids is 1. The molecule has 7 nitrogen and oxygen atoms in total. The highest BCUT2D eigenvalue weighted by atomic mass is 32.2. The monoisotopic (exact) mass is 470 g/mol. The number of urea groups is 1. The third kappa shape index (κ3) is 5.17. The van der Waals surface area contributed by atoms with Gasteiger partial charge in [0.2, 0.25) is 10.0 Å². The maximum absolute atomic E-state index is 12.7. The zero-order chi connectivity index (χ0) is 22.6. The number of hydrogen-bond donors (Lipinski definition) is 1. The quantitative estimate of drug-likeness (QED) is 0.599. The number of benzene rings is 2. The van der Waals surface area contributed by atoms with E-state index in [9.17, 15) is 13.2 Å². The summed E-state index contributed by atoms with van der Waals surface area (Å²) in [5.41, 5.74) is 3.21. The van der Waals surface area contributed by atoms with E-state index in [2.05, 4.69) is 39.9 Å². The fourth-order valence-corrected chi connectivity index (χ4v) is 5.70. The number of piperazine rings is 1. The third-order valence-corrected chi connectivity index (χ3v) is 8.15. The smallest absolute Gasteiger partial charge is 0.317 e. The summed E-state index contributed by atoms with van der Waals surface area (Å²) < 4.78 is 26.9. The van der Waals surface area contributed by atoms with E-state index in [-0.39, 0.29) is 10.9 Å². The van der Waals surface area contributed by atoms with E-state index < -0.39 is 10.0 Å². The van der Waals surface area contributed by atoms with Gasteiger partial charge in [-0.15, -0.1) is 11.3 Å². The molecule has 0 unspecified atom stereocenters. The Morgan fingerprint density at radius 1 is 1.03 bits per heavy atom. The van der Waals surface area contributed by atoms with Gasteiger partial charge in [0, 0.05) is 43.7 Å². The zero-order valence-electron chi connectivity index (χ0n) is 17.9. The summed E-state index contributed by atoms with van der Waals surface area (Å²) in [6.07, 6.45) is 0.727. The lowest BCUT2D eigenvalue weighted by Gasteiger charge is -2.34. The topological polar surface area (TPSA) is 82.6 Å². The first-order valence-electron chi connectivity index (χ1n) is 10.5. The predicted octanol–water partition coefficient (Wildman–Crippen LogP) is 3.38. The average molecular weight is 471 g/mol. The molecule has 0 bridgehead atoms. The summed E-state index contributed by atoms with van der Waals surface area (Å²) in [4.78, 5) is 19.0. The minimum atomic E-state index is -3.52. The minimum absolute atomic E-state index is 0.156. The molecule has 0 radical (unpaired) electrons. The predicted molar refractivity (Wildman–Crippen MR) is 126 cm³/mol. The van der Waals surface area contributed by atoms with Crippen LogP contribution in [0.15, 0.2) is 64.9 Å². The van der Waals surface area contributed by atoms with Crippen LogP contribution in [0.2, 0.25) is 0 Å². The maximum Gasteiger partial charge on any atom is 0.317 e. The second-order valence-corrected chi connectivity index (χ2v) is 10.6. The molecule has 1 aliphatic rings. The van der Waals surface area contributed by atoms with E-state index in [1.807, 2.05) is 6.92 Å². The van der Waals surface area contributed by atoms with Crippen molar-refractivity contribution in [3.8, 4) is 11.3 Å². The Labute approximate surface area is 192 Å². The standard InChI is InChI=1S/C23H26N4O3S2/c1-18-25-22(17-31-18)20-9-7-19(8-10-20)11-12-24-23(28)26-13-15-27(16-14-26)32(29,30)21-5-3-2-4-6-21/h2-10,17H,11-16H2,1H3,(H,24,28). The molecule has 9 heteroatoms. The van der Waals surface area contributed by atoms with Crippen molar-refractivity contribution in [1.29, 1.82) is 0 Å². The molecule has 0 spiro atoms. The molecule has 2 amide bonds. The highest BCUT2D eigenvalue weighted by Gasteiger charge is 2.29. The first kappa shape index (κ1) is 22.4. The number of thiazole rings is 1. The molecule has 1 fully saturated rings. The Hall–Kier alpha value is -2.75. The Balaban J connectivity index is 1.23. The number of carbonyl (C=O) groups is 1. The number of amides is 2. The third-order valence-electron chi connectivity index (χ3n) is 5.47. The van der Waals surface area contributed by atoms with Gasteiger partial charge in [0.05, 0.1) is 15.6 Å². The van der Waals surface area contributed by atoms with E-state index in [0.29, 0.717) is 32.7 Å². The van der Waals surface area contributed by atoms with Crippen LogP contribution in [0.4, 0.5) is 4.79 Å². The van der Waals surface area contributed by atoms with Crippen LogP contribution in [0.1, 0.15) is 10.6 Å². The molecule has 2 aromatic carbocycles. The van der Waals surface area contributed by atoms with Crippen LogP contribution >= 0.6 is 11.3 Å². The second-order valence-electron chi connectivity index (χ2n) is 7.63. The highest BCUT2D eigenvalue weighted by Crippen LogP contribution is 2.22. The summed E-state index contributed by atoms with van der Waals surface area (Å²) in [6.45, 7) is 3.85. The summed E-state index contributed by atoms with van der Waals surface area (Å²) in [5.74, 6) is 0. The van der Waals surface area contributed by atoms with E-state index >= 15 is 0 Å². The number of rotatable bonds is 6. The van der Waals surface area contributed by atoms with Gasteiger partial charge in [0.25, 0.3) is 0 Å². The Morgan fingerprint density at radius 3 is 2.34 bits per heavy atom. The van der Waals surface area contributed by atoms with Gasteiger partial charge in [-0.2, -0.15) is 4.31 Å². The molecule has 0 aliphatic carbocycles. The van der Waals surface area contributed by atoms with Crippen LogP contribution in [0.3, 0.4) is 0 Å². The normalized spacial score (nSPS) is 15.0. The Bertz CT molecular complexity index is 1150. The van der Waals surface area contributed by atoms with Crippen molar-refractivity contribution in [2.75, 3.05) is 32.7 Å². The first-order chi connectivity index (χ1) is 15.4. The first-order valence-corrected chi connectivity index (χ1v) is 12.8. The van der Waals surface area contributed by atoms with E-state index in [1.165, 1.54) is 4.31 Å². The van der Waals surface area contributed by atoms with Gasteiger partial charge in [0.1, 0.15) is 0 Å². The minimum Gasteiger partial charge on any atom is -0.338 e. The average Bonchev–Trinajstić information content (AvgIpc) is 3.26. The van der Waals surface area contributed by atoms with Crippen LogP contribution < -0.4 is 5.32 Å². The lowest BCUT2D eigenvalue weighted by molar-refractivity contribution is 0.172. The fourth-order valence-electron chi connectivity index (χ4n) is 3.64. The van der Waals surface area contributed by atoms with Crippen LogP contribution in [-0.2, 0) is 16.4 Å². The molecule has 2 heterocycles. The molecule has 1 aromatic heterocycles. The van der Waals surface area contributed by atoms with Crippen molar-refractivity contribution in [2.45, 2.75) is 18.2 Å². The number of hydrogen-bond acceptors (Lipinski definition) is 5. The van der Waals surface area contributed by atoms with Gasteiger partial charge in [0.15, 0.2) is 0 Å². The van der Waals surface area contributed by atoms with Crippen molar-refractivity contribution < 1.29 is 13.2 Å². The number of nitrogens with zero attached hydrogens (tertiary/aromatic N) is 3. The maximum atomic E-state index is 12.7. The van der Waals surface area contributed by atoms with Crippen LogP contribution in [0.5, 0.6) is 0 Å². The van der Waals surface area contributed by atoms with Crippen molar-refractivity contribution >= 4 is 27.4 Å². The molecule has 0 saturated carbocycles. The molecular weight excluding hydrogens is 444 g/mol. The van der Waals surface area contributed by atoms with Crippen LogP contribution in [0.25, 0.3) is 11.3 Å². The highest BCUT2D eigenvalue weighted by molar-refractivity contribution is 7.89. The number of nitrogens with one attached hydrogen (secondary N) is 1. The van der Waals surface area contributed by atoms with Gasteiger partial charge < -0.3 is 10.2 Å². The second kappa shape index (κ2) is 9.81. The summed E-state index contributed by atoms with van der Waals surface area (Å²) in [6, 6.07) is 16.5. The van der Waals surface area contributed by atoms with Crippen molar-refractivity contribution in [3.63, 3.8) is 0 Å². The van der Waals surface area contributed by atoms with E-state index in [1.54, 1.807) is 46.6 Å². The van der Waals surface area contributed by atoms with Crippen LogP contribution in [-0.4, -0.2) is 61.4 Å². The summed E-state index contributed by atoms with van der Waals surface area (Å²) >= 11 is 1.63. The Morgan fingerprint density at radius 2 is 1.72 bits per heavy atom. The molecule has 3 aromatic rings. The molecular formula is C23H26N4O3S2. The molecule has 1 aliphatic heterocycles. The fraction of sp³-hybridized carbons (Fsp3) is 0.304. The van der Waals surface area contributed by atoms with E-state index in [4.69, 9.17) is 0 Å². The van der Waals surface area contributed by atoms with Crippen molar-refractivity contribution in [3.05, 3.63) is 70.5 Å². The molecule has 168 valence electrons. The molecule has 4 rings (SSSR count). The van der Waals surface area contributed by atoms with Crippen molar-refractivity contribution in [1.82, 2.24) is 19.5 Å². The van der Waals surface area contributed by atoms with E-state index in [0.717, 1.165) is 28.2 Å². The molecule has 32 heavy (non-hydrogen) atoms. The number of sulfonamides is 1. The van der Waals surface area contributed by atoms with Gasteiger partial charge in [-0.25, -0.2) is 18.2 Å². The lowest BCUT2D eigenvalue weighted by atomic mass is 10.1. The molecule has 1 N–H and O–H groups in total. The van der Waals surface area contributed by atoms with Gasteiger partial charge in [-0.05, 0) is 31.0 Å². The van der Waals surface area contributed by atoms with Crippen molar-refractivity contribution in [2.24, 2.45) is 0 Å². The van der Waals surface area contributed by atoms with Gasteiger partial charge in [-0.3, -0.25) is 0 Å². The zero-order valence-corrected chi connectivity index (χ0v) is 19.5. The Kier molecular flexibility index (Phi) is 6.88. The summed E-state index contributed by atoms with van der Waals surface area (Å²) in [7, 11) is -3.52. The summed E-state index contributed by atoms with van der Waals surface area (Å²) in [5, 5.41) is 6.04.